The van der Waals surface area contributed by atoms with Gasteiger partial charge < -0.3 is 14.5 Å². The molecular formula is C27H31N3O3S. The van der Waals surface area contributed by atoms with Gasteiger partial charge in [0, 0.05) is 43.5 Å². The number of hydrogen-bond donors (Lipinski definition) is 0. The van der Waals surface area contributed by atoms with E-state index < -0.39 is 0 Å². The fourth-order valence-corrected chi connectivity index (χ4v) is 4.93. The van der Waals surface area contributed by atoms with E-state index in [0.29, 0.717) is 45.6 Å². The van der Waals surface area contributed by atoms with Gasteiger partial charge in [-0.3, -0.25) is 9.59 Å². The largest absolute Gasteiger partial charge is 0.494 e. The average molecular weight is 478 g/mol. The zero-order valence-corrected chi connectivity index (χ0v) is 20.4. The van der Waals surface area contributed by atoms with Crippen molar-refractivity contribution in [3.05, 3.63) is 71.2 Å². The summed E-state index contributed by atoms with van der Waals surface area (Å²) < 4.78 is 5.49. The molecule has 3 aromatic rings. The Morgan fingerprint density at radius 1 is 0.941 bits per heavy atom. The third-order valence-corrected chi connectivity index (χ3v) is 6.92. The van der Waals surface area contributed by atoms with Crippen LogP contribution in [0.1, 0.15) is 31.0 Å². The summed E-state index contributed by atoms with van der Waals surface area (Å²) in [5.74, 6) is 1.09. The van der Waals surface area contributed by atoms with Crippen molar-refractivity contribution in [1.82, 2.24) is 14.8 Å². The van der Waals surface area contributed by atoms with Crippen LogP contribution in [0.3, 0.4) is 0 Å². The highest BCUT2D eigenvalue weighted by Crippen LogP contribution is 2.26. The Labute approximate surface area is 205 Å². The van der Waals surface area contributed by atoms with Crippen LogP contribution in [0, 0.1) is 0 Å². The number of carbonyl (C=O) groups excluding carboxylic acids is 2. The van der Waals surface area contributed by atoms with E-state index in [1.165, 1.54) is 5.56 Å². The lowest BCUT2D eigenvalue weighted by Gasteiger charge is -2.34. The SMILES string of the molecule is CCOc1ccc(-c2nc(CC(=O)N3CCN(C(=O)CCCc4ccccc4)CC3)cs2)cc1. The minimum absolute atomic E-state index is 0.0692. The van der Waals surface area contributed by atoms with Crippen LogP contribution in [-0.2, 0) is 22.4 Å². The molecule has 4 rings (SSSR count). The fraction of sp³-hybridized carbons (Fsp3) is 0.370. The highest BCUT2D eigenvalue weighted by atomic mass is 32.1. The number of hydrogen-bond acceptors (Lipinski definition) is 5. The Bertz CT molecular complexity index is 1070. The van der Waals surface area contributed by atoms with Crippen LogP contribution in [0.2, 0.25) is 0 Å². The van der Waals surface area contributed by atoms with Gasteiger partial charge in [-0.15, -0.1) is 11.3 Å². The fourth-order valence-electron chi connectivity index (χ4n) is 4.10. The van der Waals surface area contributed by atoms with Gasteiger partial charge in [0.25, 0.3) is 0 Å². The molecule has 0 unspecified atom stereocenters. The van der Waals surface area contributed by atoms with Gasteiger partial charge in [-0.25, -0.2) is 4.98 Å². The lowest BCUT2D eigenvalue weighted by Crippen LogP contribution is -2.51. The van der Waals surface area contributed by atoms with Crippen LogP contribution in [0.4, 0.5) is 0 Å². The third-order valence-electron chi connectivity index (χ3n) is 5.98. The van der Waals surface area contributed by atoms with E-state index in [2.05, 4.69) is 17.1 Å². The maximum Gasteiger partial charge on any atom is 0.228 e. The Morgan fingerprint density at radius 2 is 1.62 bits per heavy atom. The standard InChI is InChI=1S/C27H31N3O3S/c1-2-33-24-13-11-22(12-14-24)27-28-23(20-34-27)19-26(32)30-17-15-29(16-18-30)25(31)10-6-9-21-7-4-3-5-8-21/h3-5,7-8,11-14,20H,2,6,9-10,15-19H2,1H3. The first-order valence-corrected chi connectivity index (χ1v) is 12.8. The molecular weight excluding hydrogens is 446 g/mol. The Morgan fingerprint density at radius 3 is 2.29 bits per heavy atom. The van der Waals surface area contributed by atoms with Crippen molar-refractivity contribution >= 4 is 23.2 Å². The summed E-state index contributed by atoms with van der Waals surface area (Å²) >= 11 is 1.55. The van der Waals surface area contributed by atoms with Crippen molar-refractivity contribution in [3.63, 3.8) is 0 Å². The quantitative estimate of drug-likeness (QED) is 0.457. The molecule has 1 aliphatic rings. The van der Waals surface area contributed by atoms with Crippen LogP contribution in [0.25, 0.3) is 10.6 Å². The van der Waals surface area contributed by atoms with E-state index >= 15 is 0 Å². The summed E-state index contributed by atoms with van der Waals surface area (Å²) in [5.41, 5.74) is 3.07. The number of aryl methyl sites for hydroxylation is 1. The second-order valence-electron chi connectivity index (χ2n) is 8.38. The number of thiazole rings is 1. The van der Waals surface area contributed by atoms with Crippen LogP contribution in [0.5, 0.6) is 5.75 Å². The minimum Gasteiger partial charge on any atom is -0.494 e. The van der Waals surface area contributed by atoms with E-state index in [9.17, 15) is 9.59 Å². The zero-order valence-electron chi connectivity index (χ0n) is 19.6. The lowest BCUT2D eigenvalue weighted by atomic mass is 10.1. The summed E-state index contributed by atoms with van der Waals surface area (Å²) in [4.78, 5) is 33.8. The maximum absolute atomic E-state index is 12.8. The Balaban J connectivity index is 1.21. The molecule has 0 N–H and O–H groups in total. The summed E-state index contributed by atoms with van der Waals surface area (Å²) in [6.07, 6.45) is 2.61. The van der Waals surface area contributed by atoms with Crippen molar-refractivity contribution in [3.8, 4) is 16.3 Å². The van der Waals surface area contributed by atoms with E-state index in [1.807, 2.05) is 64.6 Å². The predicted octanol–water partition coefficient (Wildman–Crippen LogP) is 4.45. The van der Waals surface area contributed by atoms with Gasteiger partial charge in [-0.2, -0.15) is 0 Å². The molecule has 6 nitrogen and oxygen atoms in total. The molecule has 34 heavy (non-hydrogen) atoms. The summed E-state index contributed by atoms with van der Waals surface area (Å²) in [5, 5.41) is 2.85. The van der Waals surface area contributed by atoms with Gasteiger partial charge in [0.05, 0.1) is 18.7 Å². The van der Waals surface area contributed by atoms with E-state index in [1.54, 1.807) is 11.3 Å². The molecule has 1 fully saturated rings. The normalized spacial score (nSPS) is 13.7. The third kappa shape index (κ3) is 6.44. The monoisotopic (exact) mass is 477 g/mol. The molecule has 7 heteroatoms. The second-order valence-corrected chi connectivity index (χ2v) is 9.24. The predicted molar refractivity (Wildman–Crippen MR) is 135 cm³/mol. The number of piperazine rings is 1. The summed E-state index contributed by atoms with van der Waals surface area (Å²) in [6, 6.07) is 18.1. The lowest BCUT2D eigenvalue weighted by molar-refractivity contribution is -0.139. The number of rotatable bonds is 9. The van der Waals surface area contributed by atoms with Gasteiger partial charge in [0.15, 0.2) is 0 Å². The summed E-state index contributed by atoms with van der Waals surface area (Å²) in [6.45, 7) is 4.97. The highest BCUT2D eigenvalue weighted by molar-refractivity contribution is 7.13. The van der Waals surface area contributed by atoms with Crippen molar-refractivity contribution in [2.75, 3.05) is 32.8 Å². The maximum atomic E-state index is 12.8. The Hall–Kier alpha value is -3.19. The van der Waals surface area contributed by atoms with Crippen LogP contribution in [-0.4, -0.2) is 59.4 Å². The number of amides is 2. The molecule has 0 spiro atoms. The van der Waals surface area contributed by atoms with Gasteiger partial charge in [0.2, 0.25) is 11.8 Å². The van der Waals surface area contributed by atoms with Gasteiger partial charge in [-0.05, 0) is 49.6 Å². The van der Waals surface area contributed by atoms with Gasteiger partial charge >= 0.3 is 0 Å². The molecule has 1 aromatic heterocycles. The van der Waals surface area contributed by atoms with E-state index in [-0.39, 0.29) is 11.8 Å². The number of aromatic nitrogens is 1. The molecule has 2 aromatic carbocycles. The van der Waals surface area contributed by atoms with E-state index in [0.717, 1.165) is 34.9 Å². The number of benzene rings is 2. The molecule has 178 valence electrons. The summed E-state index contributed by atoms with van der Waals surface area (Å²) in [7, 11) is 0. The smallest absolute Gasteiger partial charge is 0.228 e. The first kappa shape index (κ1) is 24.0. The second kappa shape index (κ2) is 11.8. The average Bonchev–Trinajstić information content (AvgIpc) is 3.34. The molecule has 0 aliphatic carbocycles. The highest BCUT2D eigenvalue weighted by Gasteiger charge is 2.24. The Kier molecular flexibility index (Phi) is 8.31. The number of nitrogens with zero attached hydrogens (tertiary/aromatic N) is 3. The van der Waals surface area contributed by atoms with Crippen LogP contribution >= 0.6 is 11.3 Å². The van der Waals surface area contributed by atoms with E-state index in [4.69, 9.17) is 4.74 Å². The van der Waals surface area contributed by atoms with Gasteiger partial charge in [0.1, 0.15) is 10.8 Å². The molecule has 0 bridgehead atoms. The molecule has 1 saturated heterocycles. The van der Waals surface area contributed by atoms with Crippen molar-refractivity contribution in [1.29, 1.82) is 0 Å². The zero-order chi connectivity index (χ0) is 23.8. The van der Waals surface area contributed by atoms with Crippen molar-refractivity contribution in [2.24, 2.45) is 0 Å². The molecule has 2 heterocycles. The van der Waals surface area contributed by atoms with Crippen molar-refractivity contribution in [2.45, 2.75) is 32.6 Å². The van der Waals surface area contributed by atoms with Crippen LogP contribution < -0.4 is 4.74 Å². The number of ether oxygens (including phenoxy) is 1. The van der Waals surface area contributed by atoms with Crippen LogP contribution in [0.15, 0.2) is 60.0 Å². The van der Waals surface area contributed by atoms with Crippen molar-refractivity contribution < 1.29 is 14.3 Å². The molecule has 0 atom stereocenters. The molecule has 0 saturated carbocycles. The molecule has 0 radical (unpaired) electrons. The number of carbonyl (C=O) groups is 2. The molecule has 1 aliphatic heterocycles. The topological polar surface area (TPSA) is 62.7 Å². The minimum atomic E-state index is 0.0692. The first-order chi connectivity index (χ1) is 16.6. The first-order valence-electron chi connectivity index (χ1n) is 11.9. The van der Waals surface area contributed by atoms with Gasteiger partial charge in [-0.1, -0.05) is 30.3 Å². The molecule has 2 amide bonds.